The molecule has 0 fully saturated rings. The van der Waals surface area contributed by atoms with E-state index in [4.69, 9.17) is 22.9 Å². The maximum absolute atomic E-state index is 11.4. The van der Waals surface area contributed by atoms with Crippen molar-refractivity contribution in [2.75, 3.05) is 19.6 Å². The Morgan fingerprint density at radius 2 is 1.64 bits per heavy atom. The number of hydrogen-bond donors (Lipinski definition) is 1. The minimum atomic E-state index is -0.605. The second-order valence-corrected chi connectivity index (χ2v) is 7.60. The highest BCUT2D eigenvalue weighted by Gasteiger charge is 2.29. The van der Waals surface area contributed by atoms with Crippen molar-refractivity contribution in [3.63, 3.8) is 0 Å². The van der Waals surface area contributed by atoms with Crippen LogP contribution in [0.2, 0.25) is 0 Å². The lowest BCUT2D eigenvalue weighted by molar-refractivity contribution is -0.126. The number of nitrogens with zero attached hydrogens (tertiary/aromatic N) is 8. The summed E-state index contributed by atoms with van der Waals surface area (Å²) in [7, 11) is 0. The molecule has 0 amide bonds. The highest BCUT2D eigenvalue weighted by atomic mass is 16.3. The molecule has 154 valence electrons. The average Bonchev–Trinajstić information content (AvgIpc) is 2.63. The van der Waals surface area contributed by atoms with Crippen LogP contribution in [0.4, 0.5) is 0 Å². The number of carbonyl (C=O) groups excluding carboxylic acids is 1. The van der Waals surface area contributed by atoms with Crippen molar-refractivity contribution in [1.82, 2.24) is 0 Å². The number of hydrogen-bond acceptors (Lipinski definition) is 5. The number of azide groups is 2. The first-order chi connectivity index (χ1) is 13.1. The molecule has 10 nitrogen and oxygen atoms in total. The molecule has 0 bridgehead atoms. The van der Waals surface area contributed by atoms with Crippen molar-refractivity contribution in [3.8, 4) is 6.07 Å². The van der Waals surface area contributed by atoms with Crippen molar-refractivity contribution in [2.24, 2.45) is 21.1 Å². The van der Waals surface area contributed by atoms with Crippen LogP contribution in [0.1, 0.15) is 59.8 Å². The lowest BCUT2D eigenvalue weighted by atomic mass is 9.82. The van der Waals surface area contributed by atoms with Gasteiger partial charge in [0.25, 0.3) is 0 Å². The van der Waals surface area contributed by atoms with Gasteiger partial charge in [0, 0.05) is 28.3 Å². The fourth-order valence-electron chi connectivity index (χ4n) is 2.24. The fraction of sp³-hybridized carbons (Fsp3) is 0.833. The van der Waals surface area contributed by atoms with Crippen molar-refractivity contribution in [3.05, 3.63) is 32.3 Å². The zero-order valence-corrected chi connectivity index (χ0v) is 17.2. The van der Waals surface area contributed by atoms with Gasteiger partial charge >= 0.3 is 0 Å². The minimum absolute atomic E-state index is 0.0471. The smallest absolute Gasteiger partial charge is 0.240 e. The van der Waals surface area contributed by atoms with Crippen LogP contribution in [0.3, 0.4) is 0 Å². The van der Waals surface area contributed by atoms with Gasteiger partial charge in [0.15, 0.2) is 5.78 Å². The first-order valence-electron chi connectivity index (χ1n) is 9.02. The highest BCUT2D eigenvalue weighted by molar-refractivity contribution is 5.85. The van der Waals surface area contributed by atoms with Gasteiger partial charge in [0.05, 0.1) is 12.5 Å². The molecule has 0 aliphatic heterocycles. The predicted molar refractivity (Wildman–Crippen MR) is 107 cm³/mol. The zero-order valence-electron chi connectivity index (χ0n) is 17.2. The Balaban J connectivity index is 0. The summed E-state index contributed by atoms with van der Waals surface area (Å²) in [4.78, 5) is 19.8. The van der Waals surface area contributed by atoms with E-state index in [1.165, 1.54) is 0 Å². The summed E-state index contributed by atoms with van der Waals surface area (Å²) < 4.78 is 0. The molecule has 0 rings (SSSR count). The summed E-state index contributed by atoms with van der Waals surface area (Å²) in [5.41, 5.74) is 15.3. The molecule has 0 aliphatic carbocycles. The van der Waals surface area contributed by atoms with Crippen LogP contribution in [0.25, 0.3) is 25.7 Å². The summed E-state index contributed by atoms with van der Waals surface area (Å²) in [6, 6.07) is 1.84. The lowest BCUT2D eigenvalue weighted by Crippen LogP contribution is -2.31. The number of nitriles is 1. The lowest BCUT2D eigenvalue weighted by Gasteiger charge is -2.26. The molecular formula is C18H30N8O2. The van der Waals surface area contributed by atoms with Crippen molar-refractivity contribution in [1.29, 1.82) is 5.26 Å². The van der Waals surface area contributed by atoms with Gasteiger partial charge in [0.1, 0.15) is 6.10 Å². The molecule has 1 N–H and O–H groups in total. The van der Waals surface area contributed by atoms with Crippen LogP contribution in [0.15, 0.2) is 10.2 Å². The van der Waals surface area contributed by atoms with E-state index in [0.29, 0.717) is 25.9 Å². The third-order valence-electron chi connectivity index (χ3n) is 4.43. The maximum atomic E-state index is 11.4. The molecular weight excluding hydrogens is 360 g/mol. The van der Waals surface area contributed by atoms with E-state index in [2.05, 4.69) is 24.9 Å². The van der Waals surface area contributed by atoms with Crippen molar-refractivity contribution in [2.45, 2.75) is 65.9 Å². The van der Waals surface area contributed by atoms with Gasteiger partial charge in [-0.3, -0.25) is 4.79 Å². The summed E-state index contributed by atoms with van der Waals surface area (Å²) in [5.74, 6) is -0.0547. The molecule has 28 heavy (non-hydrogen) atoms. The van der Waals surface area contributed by atoms with Crippen LogP contribution >= 0.6 is 0 Å². The quantitative estimate of drug-likeness (QED) is 0.164. The number of Topliss-reactive ketones (excluding diaryl/α,β-unsaturated/α-hetero) is 1. The summed E-state index contributed by atoms with van der Waals surface area (Å²) in [5, 5.41) is 24.8. The molecule has 0 heterocycles. The number of aliphatic hydroxyl groups excluding tert-OH is 1. The molecule has 0 aromatic rings. The number of carbonyl (C=O) groups is 1. The van der Waals surface area contributed by atoms with Crippen molar-refractivity contribution >= 4 is 5.78 Å². The molecule has 1 atom stereocenters. The molecule has 0 aromatic carbocycles. The van der Waals surface area contributed by atoms with Crippen LogP contribution in [-0.2, 0) is 4.79 Å². The molecule has 0 saturated heterocycles. The molecule has 0 aliphatic rings. The Bertz CT molecular complexity index is 647. The van der Waals surface area contributed by atoms with Gasteiger partial charge in [-0.05, 0) is 42.2 Å². The summed E-state index contributed by atoms with van der Waals surface area (Å²) >= 11 is 0. The fourth-order valence-corrected chi connectivity index (χ4v) is 2.24. The van der Waals surface area contributed by atoms with Gasteiger partial charge in [0.2, 0.25) is 6.54 Å². The number of rotatable bonds is 12. The van der Waals surface area contributed by atoms with Gasteiger partial charge in [-0.2, -0.15) is 5.26 Å². The van der Waals surface area contributed by atoms with E-state index in [0.717, 1.165) is 12.8 Å². The van der Waals surface area contributed by atoms with Crippen LogP contribution in [0, 0.1) is 28.7 Å². The molecule has 10 heteroatoms. The average molecular weight is 390 g/mol. The Labute approximate surface area is 166 Å². The number of ketones is 1. The van der Waals surface area contributed by atoms with E-state index in [-0.39, 0.29) is 24.2 Å². The van der Waals surface area contributed by atoms with E-state index in [9.17, 15) is 9.90 Å². The standard InChI is InChI=1S/C9H16N4O.C9H14N4O/c1-9(2,8(14)7-11-3)5-4-6-12-13-10;1-9(2,8(14)4-6-10)5-3-7-12-13-11/h8,14H,4-7H2,1-2H3;3-5,7H2,1-2H3. The second-order valence-electron chi connectivity index (χ2n) is 7.60. The topological polar surface area (TPSA) is 163 Å². The molecule has 0 radical (unpaired) electrons. The predicted octanol–water partition coefficient (Wildman–Crippen LogP) is 4.97. The molecule has 0 aromatic heterocycles. The zero-order chi connectivity index (χ0) is 22.1. The van der Waals surface area contributed by atoms with Crippen LogP contribution < -0.4 is 0 Å². The Hall–Kier alpha value is -2.77. The normalized spacial score (nSPS) is 11.4. The Kier molecular flexibility index (Phi) is 15.0. The third kappa shape index (κ3) is 13.4. The monoisotopic (exact) mass is 390 g/mol. The second kappa shape index (κ2) is 15.3. The largest absolute Gasteiger partial charge is 0.385 e. The van der Waals surface area contributed by atoms with Gasteiger partial charge < -0.3 is 9.95 Å². The van der Waals surface area contributed by atoms with Gasteiger partial charge in [-0.25, -0.2) is 6.57 Å². The van der Waals surface area contributed by atoms with Crippen LogP contribution in [0.5, 0.6) is 0 Å². The number of aliphatic hydroxyl groups is 1. The highest BCUT2D eigenvalue weighted by Crippen LogP contribution is 2.27. The van der Waals surface area contributed by atoms with Crippen molar-refractivity contribution < 1.29 is 9.90 Å². The van der Waals surface area contributed by atoms with Gasteiger partial charge in [-0.15, -0.1) is 0 Å². The summed E-state index contributed by atoms with van der Waals surface area (Å²) in [6.45, 7) is 15.1. The Morgan fingerprint density at radius 3 is 2.07 bits per heavy atom. The maximum Gasteiger partial charge on any atom is 0.240 e. The minimum Gasteiger partial charge on any atom is -0.385 e. The van der Waals surface area contributed by atoms with Crippen LogP contribution in [-0.4, -0.2) is 36.6 Å². The SMILES string of the molecule is CC(C)(CCCN=[N+]=[N-])C(=O)CC#N.[C-]#[N+]CC(O)C(C)(C)CCCN=[N+]=[N-]. The third-order valence-corrected chi connectivity index (χ3v) is 4.43. The van der Waals surface area contributed by atoms with Gasteiger partial charge in [-0.1, -0.05) is 37.9 Å². The molecule has 0 spiro atoms. The summed E-state index contributed by atoms with van der Waals surface area (Å²) in [6.07, 6.45) is 2.16. The molecule has 0 saturated carbocycles. The first-order valence-corrected chi connectivity index (χ1v) is 9.02. The van der Waals surface area contributed by atoms with E-state index in [1.54, 1.807) is 0 Å². The first kappa shape index (κ1) is 27.4. The Morgan fingerprint density at radius 1 is 1.14 bits per heavy atom. The van der Waals surface area contributed by atoms with E-state index < -0.39 is 11.5 Å². The van der Waals surface area contributed by atoms with E-state index in [1.807, 2.05) is 33.8 Å². The molecule has 1 unspecified atom stereocenters. The van der Waals surface area contributed by atoms with E-state index >= 15 is 0 Å².